The van der Waals surface area contributed by atoms with Gasteiger partial charge >= 0.3 is 0 Å². The molecule has 0 heterocycles. The highest BCUT2D eigenvalue weighted by Crippen LogP contribution is 2.24. The van der Waals surface area contributed by atoms with E-state index in [1.165, 1.54) is 16.8 Å². The molecule has 0 saturated carbocycles. The van der Waals surface area contributed by atoms with Crippen molar-refractivity contribution in [1.29, 1.82) is 0 Å². The van der Waals surface area contributed by atoms with Gasteiger partial charge in [0.1, 0.15) is 5.75 Å². The van der Waals surface area contributed by atoms with Crippen LogP contribution in [0.25, 0.3) is 0 Å². The molecule has 2 aromatic rings. The number of hydrogen-bond acceptors (Lipinski definition) is 2. The van der Waals surface area contributed by atoms with E-state index in [2.05, 4.69) is 62.9 Å². The van der Waals surface area contributed by atoms with E-state index in [4.69, 9.17) is 4.74 Å². The summed E-state index contributed by atoms with van der Waals surface area (Å²) < 4.78 is 6.16. The molecule has 0 saturated heterocycles. The number of aryl methyl sites for hydroxylation is 1. The van der Waals surface area contributed by atoms with Crippen LogP contribution in [0.15, 0.2) is 48.5 Å². The molecule has 106 valence electrons. The highest BCUT2D eigenvalue weighted by molar-refractivity contribution is 5.47. The van der Waals surface area contributed by atoms with Crippen molar-refractivity contribution in [1.82, 2.24) is 0 Å². The van der Waals surface area contributed by atoms with Crippen LogP contribution in [0.4, 0.5) is 5.69 Å². The van der Waals surface area contributed by atoms with E-state index in [9.17, 15) is 0 Å². The number of nitrogens with zero attached hydrogens (tertiary/aromatic N) is 1. The first-order valence-electron chi connectivity index (χ1n) is 7.18. The molecule has 0 N–H and O–H groups in total. The quantitative estimate of drug-likeness (QED) is 0.738. The van der Waals surface area contributed by atoms with E-state index in [0.717, 1.165) is 12.3 Å². The second kappa shape index (κ2) is 6.47. The lowest BCUT2D eigenvalue weighted by atomic mass is 10.1. The Morgan fingerprint density at radius 3 is 2.35 bits per heavy atom. The molecule has 0 radical (unpaired) electrons. The van der Waals surface area contributed by atoms with Crippen LogP contribution in [0.1, 0.15) is 25.0 Å². The molecule has 0 aliphatic heterocycles. The Hall–Kier alpha value is -1.96. The molecule has 0 amide bonds. The summed E-state index contributed by atoms with van der Waals surface area (Å²) in [5.74, 6) is 0.965. The number of benzene rings is 2. The molecular weight excluding hydrogens is 246 g/mol. The first-order chi connectivity index (χ1) is 9.63. The third-order valence-corrected chi connectivity index (χ3v) is 3.72. The van der Waals surface area contributed by atoms with Crippen LogP contribution in [-0.2, 0) is 0 Å². The van der Waals surface area contributed by atoms with Gasteiger partial charge in [0.2, 0.25) is 0 Å². The normalized spacial score (nSPS) is 12.0. The fourth-order valence-corrected chi connectivity index (χ4v) is 2.37. The zero-order valence-corrected chi connectivity index (χ0v) is 12.8. The molecule has 20 heavy (non-hydrogen) atoms. The monoisotopic (exact) mass is 269 g/mol. The van der Waals surface area contributed by atoms with Gasteiger partial charge in [-0.15, -0.1) is 0 Å². The van der Waals surface area contributed by atoms with Crippen molar-refractivity contribution in [2.24, 2.45) is 0 Å². The lowest BCUT2D eigenvalue weighted by Crippen LogP contribution is -2.37. The first kappa shape index (κ1) is 14.4. The number of anilines is 1. The summed E-state index contributed by atoms with van der Waals surface area (Å²) in [6.45, 7) is 9.38. The summed E-state index contributed by atoms with van der Waals surface area (Å²) in [4.78, 5) is 2.25. The van der Waals surface area contributed by atoms with E-state index in [0.29, 0.717) is 0 Å². The van der Waals surface area contributed by atoms with Gasteiger partial charge in [0.15, 0.2) is 6.23 Å². The van der Waals surface area contributed by atoms with Crippen LogP contribution in [0, 0.1) is 13.8 Å². The van der Waals surface area contributed by atoms with Gasteiger partial charge in [0, 0.05) is 12.2 Å². The third-order valence-electron chi connectivity index (χ3n) is 3.72. The summed E-state index contributed by atoms with van der Waals surface area (Å²) in [6, 6.07) is 16.6. The first-order valence-corrected chi connectivity index (χ1v) is 7.18. The number of rotatable bonds is 5. The fourth-order valence-electron chi connectivity index (χ4n) is 2.37. The van der Waals surface area contributed by atoms with Crippen LogP contribution in [-0.4, -0.2) is 12.8 Å². The van der Waals surface area contributed by atoms with Crippen molar-refractivity contribution in [3.05, 3.63) is 59.7 Å². The number of para-hydroxylation sites is 1. The summed E-state index contributed by atoms with van der Waals surface area (Å²) >= 11 is 0. The minimum atomic E-state index is 0.00269. The van der Waals surface area contributed by atoms with E-state index < -0.39 is 0 Å². The zero-order valence-electron chi connectivity index (χ0n) is 12.8. The van der Waals surface area contributed by atoms with E-state index >= 15 is 0 Å². The molecule has 2 heteroatoms. The van der Waals surface area contributed by atoms with Gasteiger partial charge in [-0.3, -0.25) is 0 Å². The molecule has 0 bridgehead atoms. The molecule has 2 nitrogen and oxygen atoms in total. The van der Waals surface area contributed by atoms with Crippen molar-refractivity contribution in [2.75, 3.05) is 11.4 Å². The molecule has 0 aliphatic rings. The Morgan fingerprint density at radius 2 is 1.70 bits per heavy atom. The Labute approximate surface area is 122 Å². The van der Waals surface area contributed by atoms with E-state index in [1.54, 1.807) is 0 Å². The maximum atomic E-state index is 6.16. The molecule has 2 rings (SSSR count). The van der Waals surface area contributed by atoms with Crippen LogP contribution >= 0.6 is 0 Å². The molecule has 2 aromatic carbocycles. The average molecular weight is 269 g/mol. The van der Waals surface area contributed by atoms with Crippen molar-refractivity contribution < 1.29 is 4.74 Å². The lowest BCUT2D eigenvalue weighted by molar-refractivity contribution is 0.214. The number of hydrogen-bond donors (Lipinski definition) is 0. The second-order valence-corrected chi connectivity index (χ2v) is 5.04. The van der Waals surface area contributed by atoms with Crippen LogP contribution in [0.2, 0.25) is 0 Å². The van der Waals surface area contributed by atoms with Crippen LogP contribution in [0.5, 0.6) is 5.75 Å². The highest BCUT2D eigenvalue weighted by atomic mass is 16.5. The maximum absolute atomic E-state index is 6.16. The summed E-state index contributed by atoms with van der Waals surface area (Å²) in [5, 5.41) is 0. The fraction of sp³-hybridized carbons (Fsp3) is 0.333. The highest BCUT2D eigenvalue weighted by Gasteiger charge is 2.15. The lowest BCUT2D eigenvalue weighted by Gasteiger charge is -2.31. The van der Waals surface area contributed by atoms with Crippen LogP contribution < -0.4 is 9.64 Å². The second-order valence-electron chi connectivity index (χ2n) is 5.04. The van der Waals surface area contributed by atoms with Gasteiger partial charge < -0.3 is 9.64 Å². The van der Waals surface area contributed by atoms with Gasteiger partial charge in [-0.05, 0) is 57.0 Å². The van der Waals surface area contributed by atoms with Crippen LogP contribution in [0.3, 0.4) is 0 Å². The Bertz CT molecular complexity index is 551. The summed E-state index contributed by atoms with van der Waals surface area (Å²) in [6.07, 6.45) is 0.00269. The van der Waals surface area contributed by atoms with Crippen molar-refractivity contribution >= 4 is 5.69 Å². The predicted molar refractivity (Wildman–Crippen MR) is 85.5 cm³/mol. The van der Waals surface area contributed by atoms with Gasteiger partial charge in [-0.2, -0.15) is 0 Å². The maximum Gasteiger partial charge on any atom is 0.169 e. The molecule has 0 aromatic heterocycles. The Kier molecular flexibility index (Phi) is 4.67. The largest absolute Gasteiger partial charge is 0.471 e. The van der Waals surface area contributed by atoms with Crippen molar-refractivity contribution in [3.8, 4) is 5.75 Å². The SMILES string of the molecule is CCN(c1ccccc1)C(C)Oc1cccc(C)c1C. The van der Waals surface area contributed by atoms with Crippen molar-refractivity contribution in [3.63, 3.8) is 0 Å². The third kappa shape index (κ3) is 3.13. The smallest absolute Gasteiger partial charge is 0.169 e. The minimum Gasteiger partial charge on any atom is -0.471 e. The predicted octanol–water partition coefficient (Wildman–Crippen LogP) is 4.55. The van der Waals surface area contributed by atoms with E-state index in [-0.39, 0.29) is 6.23 Å². The molecule has 0 aliphatic carbocycles. The molecule has 0 fully saturated rings. The Balaban J connectivity index is 2.18. The standard InChI is InChI=1S/C18H23NO/c1-5-19(17-11-7-6-8-12-17)16(4)20-18-13-9-10-14(2)15(18)3/h6-13,16H,5H2,1-4H3. The summed E-state index contributed by atoms with van der Waals surface area (Å²) in [5.41, 5.74) is 3.66. The van der Waals surface area contributed by atoms with Gasteiger partial charge in [0.25, 0.3) is 0 Å². The number of ether oxygens (including phenoxy) is 1. The summed E-state index contributed by atoms with van der Waals surface area (Å²) in [7, 11) is 0. The topological polar surface area (TPSA) is 12.5 Å². The molecular formula is C18H23NO. The van der Waals surface area contributed by atoms with Gasteiger partial charge in [-0.25, -0.2) is 0 Å². The van der Waals surface area contributed by atoms with Gasteiger partial charge in [-0.1, -0.05) is 30.3 Å². The average Bonchev–Trinajstić information content (AvgIpc) is 2.46. The molecule has 1 atom stereocenters. The van der Waals surface area contributed by atoms with Gasteiger partial charge in [0.05, 0.1) is 0 Å². The minimum absolute atomic E-state index is 0.00269. The van der Waals surface area contributed by atoms with Crippen molar-refractivity contribution in [2.45, 2.75) is 33.9 Å². The van der Waals surface area contributed by atoms with E-state index in [1.807, 2.05) is 18.2 Å². The molecule has 0 spiro atoms. The molecule has 1 unspecified atom stereocenters. The Morgan fingerprint density at radius 1 is 1.00 bits per heavy atom. The zero-order chi connectivity index (χ0) is 14.5.